The van der Waals surface area contributed by atoms with Crippen molar-refractivity contribution in [2.24, 2.45) is 0 Å². The Balaban J connectivity index is 0.0000105. The van der Waals surface area contributed by atoms with Crippen LogP contribution in [-0.4, -0.2) is 64.6 Å². The van der Waals surface area contributed by atoms with E-state index in [2.05, 4.69) is 218 Å². The second-order valence-corrected chi connectivity index (χ2v) is 70.7. The molecule has 0 heterocycles. The zero-order valence-corrected chi connectivity index (χ0v) is 49.0. The van der Waals surface area contributed by atoms with Gasteiger partial charge >= 0.3 is 18.9 Å². The fourth-order valence-electron chi connectivity index (χ4n) is 12.3. The van der Waals surface area contributed by atoms with E-state index in [-0.39, 0.29) is 18.9 Å². The van der Waals surface area contributed by atoms with Gasteiger partial charge in [0.25, 0.3) is 0 Å². The van der Waals surface area contributed by atoms with E-state index in [1.807, 2.05) is 0 Å². The van der Waals surface area contributed by atoms with E-state index < -0.39 is 64.6 Å². The Kier molecular flexibility index (Phi) is 16.0. The molecule has 0 aliphatic carbocycles. The SMILES string of the molecule is C[Si](C)(C)C(c1cc(-c2[c-]c(-c3cc(C([Si](C)(C)C)[Si](C)(C)C)cc(C([Si](C)(C)C)[Si](C)(C)C)c3)ccc2)cc(C([Si](C)(C)C)[Si](C)(C)C)c1)[Si](C)(C)C.[Li+]. The van der Waals surface area contributed by atoms with Gasteiger partial charge < -0.3 is 0 Å². The van der Waals surface area contributed by atoms with Crippen LogP contribution in [-0.2, 0) is 0 Å². The summed E-state index contributed by atoms with van der Waals surface area (Å²) in [5.41, 5.74) is 11.9. The molecule has 9 heteroatoms. The van der Waals surface area contributed by atoms with Crippen molar-refractivity contribution in [3.8, 4) is 22.3 Å². The molecule has 0 atom stereocenters. The van der Waals surface area contributed by atoms with E-state index in [0.29, 0.717) is 20.7 Å². The summed E-state index contributed by atoms with van der Waals surface area (Å²) in [6.45, 7) is 62.9. The Hall–Kier alpha value is -0.00753. The second kappa shape index (κ2) is 17.2. The number of rotatable bonds is 14. The smallest absolute Gasteiger partial charge is 0.129 e. The number of benzene rings is 3. The first-order valence-corrected chi connectivity index (χ1v) is 49.8. The van der Waals surface area contributed by atoms with Gasteiger partial charge in [0.2, 0.25) is 0 Å². The van der Waals surface area contributed by atoms with Gasteiger partial charge in [0.15, 0.2) is 0 Å². The Bertz CT molecular complexity index is 1480. The minimum atomic E-state index is -1.51. The maximum atomic E-state index is 4.14. The first kappa shape index (κ1) is 51.1. The Morgan fingerprint density at radius 1 is 0.309 bits per heavy atom. The first-order chi connectivity index (χ1) is 23.8. The predicted molar refractivity (Wildman–Crippen MR) is 274 cm³/mol. The summed E-state index contributed by atoms with van der Waals surface area (Å²) >= 11 is 0. The van der Waals surface area contributed by atoms with Gasteiger partial charge in [-0.15, -0.1) is 35.4 Å². The van der Waals surface area contributed by atoms with Gasteiger partial charge in [0, 0.05) is 64.6 Å². The third-order valence-electron chi connectivity index (χ3n) is 11.6. The molecule has 0 unspecified atom stereocenters. The largest absolute Gasteiger partial charge is 1.00 e. The first-order valence-electron chi connectivity index (χ1n) is 21.2. The minimum absolute atomic E-state index is 0. The van der Waals surface area contributed by atoms with E-state index in [4.69, 9.17) is 0 Å². The standard InChI is InChI=1S/C46H85Si8.Li/c1-47(2,3)43(48(4,5)6)39-29-37(30-40(33-39)44(49(7,8)9)50(10,11)12)35-26-25-27-36(28-35)38-31-41(45(51(13,14)15)52(16,17)18)34-42(32-38)46(53(19,20)21)54(22,23)24;/h25-27,29-34,43-46H,1-24H3;/q-1;+1. The molecule has 0 saturated heterocycles. The molecule has 302 valence electrons. The van der Waals surface area contributed by atoms with E-state index in [1.54, 1.807) is 22.3 Å². The van der Waals surface area contributed by atoms with Crippen LogP contribution in [0.4, 0.5) is 0 Å². The average molecular weight is 870 g/mol. The summed E-state index contributed by atoms with van der Waals surface area (Å²) in [4.78, 5) is 0. The van der Waals surface area contributed by atoms with Crippen molar-refractivity contribution in [1.29, 1.82) is 0 Å². The molecule has 0 fully saturated rings. The molecular formula is C46H85LiSi8. The van der Waals surface area contributed by atoms with Gasteiger partial charge in [-0.2, -0.15) is 0 Å². The fourth-order valence-corrected chi connectivity index (χ4v) is 63.2. The van der Waals surface area contributed by atoms with Crippen LogP contribution in [0.1, 0.15) is 42.9 Å². The zero-order chi connectivity index (χ0) is 42.0. The molecule has 0 aliphatic heterocycles. The average Bonchev–Trinajstić information content (AvgIpc) is 2.86. The predicted octanol–water partition coefficient (Wildman–Crippen LogP) is 13.2. The van der Waals surface area contributed by atoms with Gasteiger partial charge in [-0.3, -0.25) is 0 Å². The minimum Gasteiger partial charge on any atom is -0.129 e. The molecule has 3 rings (SSSR count). The Morgan fingerprint density at radius 3 is 0.655 bits per heavy atom. The zero-order valence-electron chi connectivity index (χ0n) is 41.0. The van der Waals surface area contributed by atoms with Crippen LogP contribution in [0, 0.1) is 6.07 Å². The topological polar surface area (TPSA) is 0 Å². The van der Waals surface area contributed by atoms with Crippen molar-refractivity contribution in [3.63, 3.8) is 0 Å². The monoisotopic (exact) mass is 868 g/mol. The summed E-state index contributed by atoms with van der Waals surface area (Å²) in [5, 5.41) is 2.82. The second-order valence-electron chi connectivity index (χ2n) is 25.9. The summed E-state index contributed by atoms with van der Waals surface area (Å²) in [7, 11) is -12.1. The quantitative estimate of drug-likeness (QED) is 0.112. The summed E-state index contributed by atoms with van der Waals surface area (Å²) in [6, 6.07) is 27.2. The van der Waals surface area contributed by atoms with Gasteiger partial charge in [0.05, 0.1) is 0 Å². The molecule has 0 amide bonds. The van der Waals surface area contributed by atoms with Crippen LogP contribution in [0.15, 0.2) is 54.6 Å². The Morgan fingerprint density at radius 2 is 0.491 bits per heavy atom. The maximum absolute atomic E-state index is 4.14. The van der Waals surface area contributed by atoms with Crippen molar-refractivity contribution in [3.05, 3.63) is 82.9 Å². The van der Waals surface area contributed by atoms with Crippen LogP contribution in [0.5, 0.6) is 0 Å². The molecule has 55 heavy (non-hydrogen) atoms. The molecule has 0 aromatic heterocycles. The van der Waals surface area contributed by atoms with Crippen LogP contribution >= 0.6 is 0 Å². The van der Waals surface area contributed by atoms with Gasteiger partial charge in [0.1, 0.15) is 0 Å². The fraction of sp³-hybridized carbons (Fsp3) is 0.609. The van der Waals surface area contributed by atoms with E-state index in [9.17, 15) is 0 Å². The number of hydrogen-bond donors (Lipinski definition) is 0. The molecule has 0 radical (unpaired) electrons. The molecule has 0 bridgehead atoms. The van der Waals surface area contributed by atoms with Crippen LogP contribution in [0.25, 0.3) is 22.3 Å². The number of hydrogen-bond acceptors (Lipinski definition) is 0. The molecule has 0 nitrogen and oxygen atoms in total. The van der Waals surface area contributed by atoms with Crippen molar-refractivity contribution in [2.45, 2.75) is 178 Å². The third kappa shape index (κ3) is 13.0. The third-order valence-corrected chi connectivity index (χ3v) is 48.9. The molecule has 0 aliphatic rings. The molecule has 0 N–H and O–H groups in total. The van der Waals surface area contributed by atoms with Gasteiger partial charge in [-0.25, -0.2) is 0 Å². The van der Waals surface area contributed by atoms with Crippen molar-refractivity contribution < 1.29 is 18.9 Å². The summed E-state index contributed by atoms with van der Waals surface area (Å²) in [5.74, 6) is 0. The van der Waals surface area contributed by atoms with Crippen molar-refractivity contribution >= 4 is 64.6 Å². The van der Waals surface area contributed by atoms with Crippen molar-refractivity contribution in [2.75, 3.05) is 0 Å². The maximum Gasteiger partial charge on any atom is 1.00 e. The van der Waals surface area contributed by atoms with E-state index in [1.165, 1.54) is 22.3 Å². The Labute approximate surface area is 363 Å². The van der Waals surface area contributed by atoms with Gasteiger partial charge in [-0.05, 0) is 20.7 Å². The van der Waals surface area contributed by atoms with Crippen molar-refractivity contribution in [1.82, 2.24) is 0 Å². The molecular weight excluding hydrogens is 784 g/mol. The summed E-state index contributed by atoms with van der Waals surface area (Å²) in [6.07, 6.45) is 0. The van der Waals surface area contributed by atoms with Crippen LogP contribution < -0.4 is 18.9 Å². The molecule has 3 aromatic rings. The molecule has 0 spiro atoms. The molecule has 3 aromatic carbocycles. The van der Waals surface area contributed by atoms with Crippen LogP contribution in [0.3, 0.4) is 0 Å². The van der Waals surface area contributed by atoms with Crippen LogP contribution in [0.2, 0.25) is 157 Å². The summed E-state index contributed by atoms with van der Waals surface area (Å²) < 4.78 is 0. The van der Waals surface area contributed by atoms with E-state index in [0.717, 1.165) is 0 Å². The van der Waals surface area contributed by atoms with E-state index >= 15 is 0 Å². The van der Waals surface area contributed by atoms with Gasteiger partial charge in [-0.1, -0.05) is 227 Å². The molecule has 0 saturated carbocycles. The normalized spacial score (nSPS) is 14.3.